The SMILES string of the molecule is CC(C)c1ccc(NC(=O)C(=O)Nc2cc(C(F)(F)F)cc(C(F)(F)F)c2)cc1. The van der Waals surface area contributed by atoms with Gasteiger partial charge in [0.1, 0.15) is 0 Å². The Labute approximate surface area is 161 Å². The van der Waals surface area contributed by atoms with Gasteiger partial charge in [0, 0.05) is 11.4 Å². The van der Waals surface area contributed by atoms with E-state index in [4.69, 9.17) is 0 Å². The Bertz CT molecular complexity index is 870. The number of anilines is 2. The van der Waals surface area contributed by atoms with Gasteiger partial charge < -0.3 is 10.6 Å². The fourth-order valence-corrected chi connectivity index (χ4v) is 2.35. The molecule has 156 valence electrons. The van der Waals surface area contributed by atoms with E-state index in [9.17, 15) is 35.9 Å². The fraction of sp³-hybridized carbons (Fsp3) is 0.263. The van der Waals surface area contributed by atoms with Crippen molar-refractivity contribution in [2.24, 2.45) is 0 Å². The van der Waals surface area contributed by atoms with Gasteiger partial charge in [-0.25, -0.2) is 0 Å². The lowest BCUT2D eigenvalue weighted by molar-refractivity contribution is -0.143. The minimum absolute atomic E-state index is 0.0774. The molecule has 0 bridgehead atoms. The normalized spacial score (nSPS) is 12.0. The Morgan fingerprint density at radius 1 is 0.724 bits per heavy atom. The summed E-state index contributed by atoms with van der Waals surface area (Å²) in [5, 5.41) is 3.99. The van der Waals surface area contributed by atoms with Crippen molar-refractivity contribution in [1.29, 1.82) is 0 Å². The van der Waals surface area contributed by atoms with Gasteiger partial charge >= 0.3 is 24.2 Å². The molecule has 4 nitrogen and oxygen atoms in total. The van der Waals surface area contributed by atoms with Crippen molar-refractivity contribution in [2.75, 3.05) is 10.6 Å². The van der Waals surface area contributed by atoms with E-state index in [2.05, 4.69) is 5.32 Å². The van der Waals surface area contributed by atoms with Crippen LogP contribution in [0.25, 0.3) is 0 Å². The number of nitrogens with one attached hydrogen (secondary N) is 2. The molecule has 0 heterocycles. The largest absolute Gasteiger partial charge is 0.416 e. The van der Waals surface area contributed by atoms with E-state index >= 15 is 0 Å². The van der Waals surface area contributed by atoms with Crippen molar-refractivity contribution in [3.05, 3.63) is 59.2 Å². The molecule has 2 aromatic rings. The molecule has 0 fully saturated rings. The number of benzene rings is 2. The van der Waals surface area contributed by atoms with Gasteiger partial charge in [0.05, 0.1) is 11.1 Å². The van der Waals surface area contributed by atoms with Gasteiger partial charge in [0.15, 0.2) is 0 Å². The highest BCUT2D eigenvalue weighted by atomic mass is 19.4. The second-order valence-electron chi connectivity index (χ2n) is 6.48. The third-order valence-electron chi connectivity index (χ3n) is 3.89. The van der Waals surface area contributed by atoms with Crippen molar-refractivity contribution in [3.8, 4) is 0 Å². The van der Waals surface area contributed by atoms with E-state index in [1.165, 1.54) is 12.1 Å². The molecule has 0 radical (unpaired) electrons. The molecule has 0 spiro atoms. The van der Waals surface area contributed by atoms with Crippen LogP contribution in [-0.4, -0.2) is 11.8 Å². The number of alkyl halides is 6. The zero-order valence-electron chi connectivity index (χ0n) is 15.2. The summed E-state index contributed by atoms with van der Waals surface area (Å²) in [5.41, 5.74) is -2.80. The van der Waals surface area contributed by atoms with Crippen molar-refractivity contribution in [3.63, 3.8) is 0 Å². The molecule has 0 aliphatic heterocycles. The predicted octanol–water partition coefficient (Wildman–Crippen LogP) is 5.42. The highest BCUT2D eigenvalue weighted by molar-refractivity contribution is 6.43. The quantitative estimate of drug-likeness (QED) is 0.516. The van der Waals surface area contributed by atoms with Crippen molar-refractivity contribution >= 4 is 23.2 Å². The average Bonchev–Trinajstić information content (AvgIpc) is 2.60. The first kappa shape index (κ1) is 22.3. The van der Waals surface area contributed by atoms with Gasteiger partial charge in [-0.1, -0.05) is 26.0 Å². The van der Waals surface area contributed by atoms with Crippen LogP contribution in [0.2, 0.25) is 0 Å². The average molecular weight is 418 g/mol. The van der Waals surface area contributed by atoms with Gasteiger partial charge in [-0.15, -0.1) is 0 Å². The summed E-state index contributed by atoms with van der Waals surface area (Å²) in [6.07, 6.45) is -10.1. The lowest BCUT2D eigenvalue weighted by Gasteiger charge is -2.14. The topological polar surface area (TPSA) is 58.2 Å². The molecule has 2 N–H and O–H groups in total. The maximum absolute atomic E-state index is 12.8. The zero-order valence-corrected chi connectivity index (χ0v) is 15.2. The lowest BCUT2D eigenvalue weighted by Crippen LogP contribution is -2.29. The molecule has 0 atom stereocenters. The molecule has 0 saturated heterocycles. The Hall–Kier alpha value is -3.04. The maximum Gasteiger partial charge on any atom is 0.416 e. The van der Waals surface area contributed by atoms with Crippen LogP contribution in [0, 0.1) is 0 Å². The number of carbonyl (C=O) groups excluding carboxylic acids is 2. The molecule has 10 heteroatoms. The molecule has 0 saturated carbocycles. The highest BCUT2D eigenvalue weighted by Crippen LogP contribution is 2.37. The first-order chi connectivity index (χ1) is 13.3. The third kappa shape index (κ3) is 5.97. The number of rotatable bonds is 3. The summed E-state index contributed by atoms with van der Waals surface area (Å²) in [6.45, 7) is 3.90. The minimum atomic E-state index is -5.07. The smallest absolute Gasteiger partial charge is 0.318 e. The summed E-state index contributed by atoms with van der Waals surface area (Å²) in [6, 6.07) is 7.02. The van der Waals surface area contributed by atoms with Gasteiger partial charge in [0.2, 0.25) is 0 Å². The number of carbonyl (C=O) groups is 2. The summed E-state index contributed by atoms with van der Waals surface area (Å²) in [5.74, 6) is -2.43. The number of hydrogen-bond acceptors (Lipinski definition) is 2. The molecule has 29 heavy (non-hydrogen) atoms. The van der Waals surface area contributed by atoms with Crippen LogP contribution >= 0.6 is 0 Å². The van der Waals surface area contributed by atoms with E-state index in [-0.39, 0.29) is 17.7 Å². The number of amides is 2. The van der Waals surface area contributed by atoms with Crippen LogP contribution in [0.3, 0.4) is 0 Å². The summed E-state index contributed by atoms with van der Waals surface area (Å²) in [4.78, 5) is 23.9. The standard InChI is InChI=1S/C19H16F6N2O2/c1-10(2)11-3-5-14(6-4-11)26-16(28)17(29)27-15-8-12(18(20,21)22)7-13(9-15)19(23,24)25/h3-10H,1-2H3,(H,26,28)(H,27,29). The lowest BCUT2D eigenvalue weighted by atomic mass is 10.0. The predicted molar refractivity (Wildman–Crippen MR) is 94.2 cm³/mol. The molecule has 0 aromatic heterocycles. The van der Waals surface area contributed by atoms with E-state index in [1.807, 2.05) is 13.8 Å². The third-order valence-corrected chi connectivity index (χ3v) is 3.89. The van der Waals surface area contributed by atoms with Crippen LogP contribution in [0.4, 0.5) is 37.7 Å². The van der Waals surface area contributed by atoms with E-state index in [0.717, 1.165) is 5.56 Å². The van der Waals surface area contributed by atoms with Crippen LogP contribution in [0.5, 0.6) is 0 Å². The Morgan fingerprint density at radius 2 is 1.14 bits per heavy atom. The van der Waals surface area contributed by atoms with Crippen molar-refractivity contribution in [1.82, 2.24) is 0 Å². The van der Waals surface area contributed by atoms with Crippen LogP contribution in [0.15, 0.2) is 42.5 Å². The molecule has 2 rings (SSSR count). The molecular formula is C19H16F6N2O2. The van der Waals surface area contributed by atoms with E-state index < -0.39 is 41.0 Å². The summed E-state index contributed by atoms with van der Waals surface area (Å²) >= 11 is 0. The van der Waals surface area contributed by atoms with Crippen LogP contribution in [0.1, 0.15) is 36.5 Å². The monoisotopic (exact) mass is 418 g/mol. The Morgan fingerprint density at radius 3 is 1.52 bits per heavy atom. The Balaban J connectivity index is 2.19. The second-order valence-corrected chi connectivity index (χ2v) is 6.48. The van der Waals surface area contributed by atoms with E-state index in [1.54, 1.807) is 17.4 Å². The van der Waals surface area contributed by atoms with Gasteiger partial charge in [0.25, 0.3) is 0 Å². The second kappa shape index (κ2) is 8.14. The van der Waals surface area contributed by atoms with Gasteiger partial charge in [-0.3, -0.25) is 9.59 Å². The minimum Gasteiger partial charge on any atom is -0.318 e. The highest BCUT2D eigenvalue weighted by Gasteiger charge is 2.37. The first-order valence-corrected chi connectivity index (χ1v) is 8.29. The summed E-state index contributed by atoms with van der Waals surface area (Å²) < 4.78 is 77.1. The fourth-order valence-electron chi connectivity index (χ4n) is 2.35. The molecule has 2 aromatic carbocycles. The number of hydrogen-bond donors (Lipinski definition) is 2. The first-order valence-electron chi connectivity index (χ1n) is 8.29. The molecule has 0 aliphatic carbocycles. The van der Waals surface area contributed by atoms with Crippen molar-refractivity contribution < 1.29 is 35.9 Å². The van der Waals surface area contributed by atoms with Crippen LogP contribution < -0.4 is 10.6 Å². The van der Waals surface area contributed by atoms with Gasteiger partial charge in [-0.2, -0.15) is 26.3 Å². The summed E-state index contributed by atoms with van der Waals surface area (Å²) in [7, 11) is 0. The molecular weight excluding hydrogens is 402 g/mol. The molecule has 2 amide bonds. The van der Waals surface area contributed by atoms with E-state index in [0.29, 0.717) is 12.1 Å². The molecule has 0 unspecified atom stereocenters. The zero-order chi connectivity index (χ0) is 22.0. The number of halogens is 6. The maximum atomic E-state index is 12.8. The van der Waals surface area contributed by atoms with Crippen molar-refractivity contribution in [2.45, 2.75) is 32.1 Å². The van der Waals surface area contributed by atoms with Crippen LogP contribution in [-0.2, 0) is 21.9 Å². The molecule has 0 aliphatic rings. The Kier molecular flexibility index (Phi) is 6.24. The van der Waals surface area contributed by atoms with Gasteiger partial charge in [-0.05, 0) is 41.8 Å².